The second kappa shape index (κ2) is 7.20. The van der Waals surface area contributed by atoms with Crippen LogP contribution in [-0.4, -0.2) is 63.8 Å². The zero-order valence-electron chi connectivity index (χ0n) is 13.0. The number of ether oxygens (including phenoxy) is 2. The molecule has 1 aromatic rings. The second-order valence-corrected chi connectivity index (χ2v) is 7.11. The standard InChI is InChI=1S/C14H16F2N2O6S/c15-12-7-22-8-13(16)18(12)24-25(20,21)9-11-6-17(14(19)23-11)10-4-2-1-3-5-10/h1-5,11-13H,6-9H2. The third kappa shape index (κ3) is 4.24. The summed E-state index contributed by atoms with van der Waals surface area (Å²) >= 11 is 0. The molecule has 0 spiro atoms. The van der Waals surface area contributed by atoms with Crippen molar-refractivity contribution in [3.8, 4) is 0 Å². The number of rotatable bonds is 5. The molecular weight excluding hydrogens is 362 g/mol. The molecule has 0 bridgehead atoms. The lowest BCUT2D eigenvalue weighted by Gasteiger charge is -2.31. The van der Waals surface area contributed by atoms with Gasteiger partial charge in [-0.3, -0.25) is 4.90 Å². The number of anilines is 1. The van der Waals surface area contributed by atoms with Gasteiger partial charge in [0.1, 0.15) is 11.9 Å². The van der Waals surface area contributed by atoms with Crippen LogP contribution in [0, 0.1) is 0 Å². The Labute approximate surface area is 142 Å². The second-order valence-electron chi connectivity index (χ2n) is 5.52. The fraction of sp³-hybridized carbons (Fsp3) is 0.500. The summed E-state index contributed by atoms with van der Waals surface area (Å²) in [5, 5.41) is 0.102. The number of hydrogen-bond acceptors (Lipinski definition) is 7. The Morgan fingerprint density at radius 1 is 1.16 bits per heavy atom. The van der Waals surface area contributed by atoms with Crippen molar-refractivity contribution >= 4 is 21.9 Å². The number of cyclic esters (lactones) is 1. The number of morpholine rings is 1. The topological polar surface area (TPSA) is 85.4 Å². The van der Waals surface area contributed by atoms with Crippen molar-refractivity contribution in [1.29, 1.82) is 0 Å². The highest BCUT2D eigenvalue weighted by Gasteiger charge is 2.40. The first-order valence-electron chi connectivity index (χ1n) is 7.45. The van der Waals surface area contributed by atoms with E-state index in [1.807, 2.05) is 0 Å². The average Bonchev–Trinajstić information content (AvgIpc) is 2.91. The number of carbonyl (C=O) groups excluding carboxylic acids is 1. The number of amides is 1. The van der Waals surface area contributed by atoms with E-state index in [2.05, 4.69) is 9.02 Å². The quantitative estimate of drug-likeness (QED) is 0.712. The van der Waals surface area contributed by atoms with Gasteiger partial charge in [-0.25, -0.2) is 13.6 Å². The highest BCUT2D eigenvalue weighted by Crippen LogP contribution is 2.23. The fourth-order valence-corrected chi connectivity index (χ4v) is 3.63. The summed E-state index contributed by atoms with van der Waals surface area (Å²) in [7, 11) is -4.37. The molecule has 3 rings (SSSR count). The number of benzene rings is 1. The molecule has 1 amide bonds. The number of carbonyl (C=O) groups is 1. The van der Waals surface area contributed by atoms with Crippen molar-refractivity contribution in [1.82, 2.24) is 5.06 Å². The molecule has 2 fully saturated rings. The van der Waals surface area contributed by atoms with Gasteiger partial charge in [-0.15, -0.1) is 0 Å². The van der Waals surface area contributed by atoms with E-state index in [9.17, 15) is 22.0 Å². The minimum atomic E-state index is -4.37. The summed E-state index contributed by atoms with van der Waals surface area (Å²) < 4.78 is 65.3. The maximum atomic E-state index is 13.6. The maximum Gasteiger partial charge on any atom is 0.414 e. The highest BCUT2D eigenvalue weighted by molar-refractivity contribution is 7.86. The van der Waals surface area contributed by atoms with E-state index < -0.39 is 53.9 Å². The number of nitrogens with zero attached hydrogens (tertiary/aromatic N) is 2. The van der Waals surface area contributed by atoms with E-state index in [4.69, 9.17) is 4.74 Å². The molecule has 0 saturated carbocycles. The molecule has 0 aliphatic carbocycles. The van der Waals surface area contributed by atoms with Gasteiger partial charge in [-0.1, -0.05) is 23.3 Å². The summed E-state index contributed by atoms with van der Waals surface area (Å²) in [5.41, 5.74) is 0.550. The third-order valence-corrected chi connectivity index (χ3v) is 4.77. The monoisotopic (exact) mass is 378 g/mol. The molecule has 2 aliphatic heterocycles. The largest absolute Gasteiger partial charge is 0.443 e. The molecule has 0 radical (unpaired) electrons. The molecule has 3 atom stereocenters. The SMILES string of the molecule is O=C1OC(CS(=O)(=O)ON2C(F)COCC2F)CN1c1ccccc1. The normalized spacial score (nSPS) is 28.2. The van der Waals surface area contributed by atoms with E-state index in [0.29, 0.717) is 5.69 Å². The fourth-order valence-electron chi connectivity index (χ4n) is 2.49. The van der Waals surface area contributed by atoms with Gasteiger partial charge in [0, 0.05) is 5.69 Å². The number of para-hydroxylation sites is 1. The third-order valence-electron chi connectivity index (χ3n) is 3.59. The zero-order chi connectivity index (χ0) is 18.0. The van der Waals surface area contributed by atoms with E-state index in [1.165, 1.54) is 4.90 Å². The summed E-state index contributed by atoms with van der Waals surface area (Å²) in [6.45, 7) is -1.03. The molecule has 2 heterocycles. The van der Waals surface area contributed by atoms with Crippen LogP contribution in [0.5, 0.6) is 0 Å². The summed E-state index contributed by atoms with van der Waals surface area (Å²) in [5.74, 6) is -0.723. The first-order chi connectivity index (χ1) is 11.9. The predicted molar refractivity (Wildman–Crippen MR) is 81.4 cm³/mol. The van der Waals surface area contributed by atoms with Gasteiger partial charge in [0.15, 0.2) is 0 Å². The van der Waals surface area contributed by atoms with Crippen molar-refractivity contribution in [2.24, 2.45) is 0 Å². The van der Waals surface area contributed by atoms with Crippen molar-refractivity contribution in [2.75, 3.05) is 30.4 Å². The Bertz CT molecular complexity index is 709. The minimum Gasteiger partial charge on any atom is -0.443 e. The molecular formula is C14H16F2N2O6S. The Morgan fingerprint density at radius 2 is 1.80 bits per heavy atom. The van der Waals surface area contributed by atoms with E-state index in [-0.39, 0.29) is 11.6 Å². The Balaban J connectivity index is 1.63. The molecule has 138 valence electrons. The van der Waals surface area contributed by atoms with Gasteiger partial charge in [0.2, 0.25) is 12.6 Å². The lowest BCUT2D eigenvalue weighted by atomic mass is 10.3. The summed E-state index contributed by atoms with van der Waals surface area (Å²) in [6.07, 6.45) is -5.82. The van der Waals surface area contributed by atoms with Gasteiger partial charge in [-0.05, 0) is 12.1 Å². The van der Waals surface area contributed by atoms with Crippen LogP contribution in [-0.2, 0) is 23.9 Å². The molecule has 25 heavy (non-hydrogen) atoms. The zero-order valence-corrected chi connectivity index (χ0v) is 13.8. The van der Waals surface area contributed by atoms with Crippen molar-refractivity contribution < 1.29 is 35.8 Å². The van der Waals surface area contributed by atoms with Crippen molar-refractivity contribution in [2.45, 2.75) is 18.7 Å². The summed E-state index contributed by atoms with van der Waals surface area (Å²) in [6, 6.07) is 8.55. The van der Waals surface area contributed by atoms with Gasteiger partial charge in [0.25, 0.3) is 10.1 Å². The molecule has 11 heteroatoms. The van der Waals surface area contributed by atoms with Crippen molar-refractivity contribution in [3.05, 3.63) is 30.3 Å². The Hall–Kier alpha value is -1.82. The number of alkyl halides is 2. The predicted octanol–water partition coefficient (Wildman–Crippen LogP) is 1.20. The van der Waals surface area contributed by atoms with Crippen LogP contribution in [0.25, 0.3) is 0 Å². The van der Waals surface area contributed by atoms with Crippen LogP contribution in [0.15, 0.2) is 30.3 Å². The molecule has 1 aromatic carbocycles. The molecule has 3 unspecified atom stereocenters. The highest BCUT2D eigenvalue weighted by atomic mass is 32.2. The molecule has 2 aliphatic rings. The van der Waals surface area contributed by atoms with Gasteiger partial charge >= 0.3 is 6.09 Å². The average molecular weight is 378 g/mol. The maximum absolute atomic E-state index is 13.6. The van der Waals surface area contributed by atoms with Crippen LogP contribution < -0.4 is 4.90 Å². The number of halogens is 2. The first-order valence-corrected chi connectivity index (χ1v) is 9.03. The van der Waals surface area contributed by atoms with Crippen LogP contribution in [0.2, 0.25) is 0 Å². The van der Waals surface area contributed by atoms with E-state index >= 15 is 0 Å². The van der Waals surface area contributed by atoms with E-state index in [1.54, 1.807) is 30.3 Å². The van der Waals surface area contributed by atoms with Gasteiger partial charge in [-0.2, -0.15) is 12.7 Å². The molecule has 0 aromatic heterocycles. The number of hydrogen-bond donors (Lipinski definition) is 0. The van der Waals surface area contributed by atoms with Crippen LogP contribution in [0.1, 0.15) is 0 Å². The Morgan fingerprint density at radius 3 is 2.44 bits per heavy atom. The Kier molecular flexibility index (Phi) is 5.18. The van der Waals surface area contributed by atoms with Gasteiger partial charge < -0.3 is 9.47 Å². The van der Waals surface area contributed by atoms with Gasteiger partial charge in [0.05, 0.1) is 19.8 Å². The lowest BCUT2D eigenvalue weighted by molar-refractivity contribution is -0.256. The smallest absolute Gasteiger partial charge is 0.414 e. The lowest BCUT2D eigenvalue weighted by Crippen LogP contribution is -2.49. The minimum absolute atomic E-state index is 0.0212. The van der Waals surface area contributed by atoms with Crippen molar-refractivity contribution in [3.63, 3.8) is 0 Å². The van der Waals surface area contributed by atoms with Crippen LogP contribution in [0.4, 0.5) is 19.3 Å². The van der Waals surface area contributed by atoms with Crippen LogP contribution >= 0.6 is 0 Å². The number of hydroxylamine groups is 2. The first kappa shape index (κ1) is 18.0. The molecule has 2 saturated heterocycles. The summed E-state index contributed by atoms with van der Waals surface area (Å²) in [4.78, 5) is 13.2. The molecule has 8 nitrogen and oxygen atoms in total. The van der Waals surface area contributed by atoms with E-state index in [0.717, 1.165) is 0 Å². The van der Waals surface area contributed by atoms with Crippen LogP contribution in [0.3, 0.4) is 0 Å². The molecule has 0 N–H and O–H groups in total.